The Kier molecular flexibility index (Phi) is 5.93. The van der Waals surface area contributed by atoms with Gasteiger partial charge in [-0.3, -0.25) is 9.36 Å². The summed E-state index contributed by atoms with van der Waals surface area (Å²) in [7, 11) is 0. The number of fused-ring (bicyclic) bond motifs is 1. The van der Waals surface area contributed by atoms with E-state index >= 15 is 0 Å². The van der Waals surface area contributed by atoms with Gasteiger partial charge in [-0.1, -0.05) is 57.6 Å². The van der Waals surface area contributed by atoms with E-state index in [4.69, 9.17) is 4.74 Å². The van der Waals surface area contributed by atoms with E-state index < -0.39 is 12.0 Å². The van der Waals surface area contributed by atoms with Crippen molar-refractivity contribution in [3.05, 3.63) is 95.1 Å². The van der Waals surface area contributed by atoms with E-state index in [2.05, 4.69) is 20.9 Å². The summed E-state index contributed by atoms with van der Waals surface area (Å²) in [6.45, 7) is 3.72. The summed E-state index contributed by atoms with van der Waals surface area (Å²) < 4.78 is 8.00. The third kappa shape index (κ3) is 4.00. The van der Waals surface area contributed by atoms with Crippen LogP contribution >= 0.6 is 27.3 Å². The second-order valence-electron chi connectivity index (χ2n) is 6.92. The predicted molar refractivity (Wildman–Crippen MR) is 123 cm³/mol. The number of esters is 1. The van der Waals surface area contributed by atoms with Gasteiger partial charge in [-0.2, -0.15) is 0 Å². The van der Waals surface area contributed by atoms with Crippen LogP contribution in [0.25, 0.3) is 6.08 Å². The maximum atomic E-state index is 13.4. The molecule has 0 amide bonds. The van der Waals surface area contributed by atoms with Crippen LogP contribution < -0.4 is 14.9 Å². The number of aromatic nitrogens is 1. The molecule has 0 bridgehead atoms. The van der Waals surface area contributed by atoms with Crippen molar-refractivity contribution in [1.29, 1.82) is 0 Å². The molecule has 2 heterocycles. The molecule has 1 aliphatic rings. The number of thiazole rings is 1. The van der Waals surface area contributed by atoms with E-state index in [1.807, 2.05) is 30.3 Å². The maximum absolute atomic E-state index is 13.4. The summed E-state index contributed by atoms with van der Waals surface area (Å²) in [4.78, 5) is 31.3. The second kappa shape index (κ2) is 8.64. The van der Waals surface area contributed by atoms with E-state index in [1.54, 1.807) is 38.1 Å². The van der Waals surface area contributed by atoms with Crippen LogP contribution in [0.15, 0.2) is 74.1 Å². The molecule has 6 nitrogen and oxygen atoms in total. The lowest BCUT2D eigenvalue weighted by Crippen LogP contribution is -2.39. The average molecular weight is 499 g/mol. The molecule has 0 fully saturated rings. The maximum Gasteiger partial charge on any atom is 0.338 e. The number of benzene rings is 2. The van der Waals surface area contributed by atoms with Crippen molar-refractivity contribution in [1.82, 2.24) is 4.57 Å². The van der Waals surface area contributed by atoms with Gasteiger partial charge in [0.15, 0.2) is 4.80 Å². The largest absolute Gasteiger partial charge is 0.507 e. The number of rotatable bonds is 4. The van der Waals surface area contributed by atoms with Gasteiger partial charge in [0.05, 0.1) is 28.5 Å². The van der Waals surface area contributed by atoms with Crippen LogP contribution in [0.5, 0.6) is 5.75 Å². The van der Waals surface area contributed by atoms with Crippen molar-refractivity contribution in [2.24, 2.45) is 4.99 Å². The molecule has 1 atom stereocenters. The van der Waals surface area contributed by atoms with Gasteiger partial charge in [-0.25, -0.2) is 9.79 Å². The Morgan fingerprint density at radius 2 is 2.03 bits per heavy atom. The summed E-state index contributed by atoms with van der Waals surface area (Å²) in [6, 6.07) is 13.7. The number of nitrogens with zero attached hydrogens (tertiary/aromatic N) is 2. The van der Waals surface area contributed by atoms with Gasteiger partial charge < -0.3 is 9.84 Å². The molecule has 1 N–H and O–H groups in total. The normalized spacial score (nSPS) is 16.1. The minimum atomic E-state index is -0.644. The topological polar surface area (TPSA) is 80.9 Å². The molecule has 8 heteroatoms. The zero-order valence-corrected chi connectivity index (χ0v) is 19.2. The Labute approximate surface area is 190 Å². The van der Waals surface area contributed by atoms with E-state index in [-0.39, 0.29) is 17.9 Å². The van der Waals surface area contributed by atoms with Gasteiger partial charge in [-0.05, 0) is 43.7 Å². The van der Waals surface area contributed by atoms with Crippen LogP contribution in [0, 0.1) is 0 Å². The first-order chi connectivity index (χ1) is 14.9. The molecule has 31 heavy (non-hydrogen) atoms. The van der Waals surface area contributed by atoms with Crippen LogP contribution in [0.2, 0.25) is 0 Å². The van der Waals surface area contributed by atoms with Crippen LogP contribution in [0.1, 0.15) is 31.0 Å². The SMILES string of the molecule is CCOC(=O)C1=C(C)N=c2s/c(=C\c3cc(Br)ccc3O)c(=O)n2[C@@H]1c1ccccc1. The quantitative estimate of drug-likeness (QED) is 0.559. The Hall–Kier alpha value is -2.97. The zero-order chi connectivity index (χ0) is 22.1. The lowest BCUT2D eigenvalue weighted by Gasteiger charge is -2.24. The Bertz CT molecular complexity index is 1370. The standard InChI is InChI=1S/C23H19BrN2O4S/c1-3-30-22(29)19-13(2)25-23-26(20(19)14-7-5-4-6-8-14)21(28)18(31-23)12-15-11-16(24)9-10-17(15)27/h4-12,20,27H,3H2,1-2H3/b18-12-/t20-/m1/s1. The fourth-order valence-corrected chi connectivity index (χ4v) is 4.94. The molecule has 0 spiro atoms. The van der Waals surface area contributed by atoms with Gasteiger partial charge >= 0.3 is 5.97 Å². The highest BCUT2D eigenvalue weighted by molar-refractivity contribution is 9.10. The number of phenols is 1. The van der Waals surface area contributed by atoms with Gasteiger partial charge in [0.1, 0.15) is 5.75 Å². The summed E-state index contributed by atoms with van der Waals surface area (Å²) >= 11 is 4.60. The van der Waals surface area contributed by atoms with Crippen LogP contribution in [0.3, 0.4) is 0 Å². The molecular formula is C23H19BrN2O4S. The third-order valence-electron chi connectivity index (χ3n) is 4.91. The van der Waals surface area contributed by atoms with E-state index in [1.165, 1.54) is 15.9 Å². The molecule has 1 aliphatic heterocycles. The lowest BCUT2D eigenvalue weighted by atomic mass is 9.96. The van der Waals surface area contributed by atoms with Crippen molar-refractivity contribution in [2.45, 2.75) is 19.9 Å². The molecule has 0 unspecified atom stereocenters. The number of ether oxygens (including phenoxy) is 1. The molecule has 0 saturated carbocycles. The molecule has 0 radical (unpaired) electrons. The fraction of sp³-hybridized carbons (Fsp3) is 0.174. The molecular weight excluding hydrogens is 480 g/mol. The molecule has 158 valence electrons. The third-order valence-corrected chi connectivity index (χ3v) is 6.38. The Balaban J connectivity index is 1.97. The number of allylic oxidation sites excluding steroid dienone is 1. The zero-order valence-electron chi connectivity index (χ0n) is 16.8. The van der Waals surface area contributed by atoms with Crippen molar-refractivity contribution < 1.29 is 14.6 Å². The van der Waals surface area contributed by atoms with E-state index in [0.29, 0.717) is 26.2 Å². The lowest BCUT2D eigenvalue weighted by molar-refractivity contribution is -0.139. The van der Waals surface area contributed by atoms with E-state index in [9.17, 15) is 14.7 Å². The van der Waals surface area contributed by atoms with Crippen molar-refractivity contribution in [3.8, 4) is 5.75 Å². The van der Waals surface area contributed by atoms with Crippen molar-refractivity contribution in [2.75, 3.05) is 6.61 Å². The summed E-state index contributed by atoms with van der Waals surface area (Å²) in [5.41, 5.74) is 1.88. The van der Waals surface area contributed by atoms with Gasteiger partial charge in [0.25, 0.3) is 5.56 Å². The van der Waals surface area contributed by atoms with Crippen LogP contribution in [0.4, 0.5) is 0 Å². The molecule has 1 aromatic heterocycles. The second-order valence-corrected chi connectivity index (χ2v) is 8.84. The average Bonchev–Trinajstić information content (AvgIpc) is 3.05. The smallest absolute Gasteiger partial charge is 0.338 e. The fourth-order valence-electron chi connectivity index (χ4n) is 3.52. The highest BCUT2D eigenvalue weighted by atomic mass is 79.9. The van der Waals surface area contributed by atoms with E-state index in [0.717, 1.165) is 10.0 Å². The van der Waals surface area contributed by atoms with Gasteiger partial charge in [0.2, 0.25) is 0 Å². The Morgan fingerprint density at radius 1 is 1.29 bits per heavy atom. The van der Waals surface area contributed by atoms with Gasteiger partial charge in [-0.15, -0.1) is 0 Å². The molecule has 2 aromatic carbocycles. The minimum Gasteiger partial charge on any atom is -0.507 e. The molecule has 0 aliphatic carbocycles. The highest BCUT2D eigenvalue weighted by Gasteiger charge is 2.33. The Morgan fingerprint density at radius 3 is 2.74 bits per heavy atom. The van der Waals surface area contributed by atoms with Crippen LogP contribution in [-0.2, 0) is 9.53 Å². The molecule has 3 aromatic rings. The molecule has 4 rings (SSSR count). The number of hydrogen-bond acceptors (Lipinski definition) is 6. The molecule has 0 saturated heterocycles. The number of phenolic OH excluding ortho intramolecular Hbond substituents is 1. The van der Waals surface area contributed by atoms with Crippen molar-refractivity contribution in [3.63, 3.8) is 0 Å². The summed E-state index contributed by atoms with van der Waals surface area (Å²) in [5.74, 6) is -0.423. The number of aromatic hydroxyl groups is 1. The first-order valence-electron chi connectivity index (χ1n) is 9.64. The predicted octanol–water partition coefficient (Wildman–Crippen LogP) is 3.27. The number of carbonyl (C=O) groups is 1. The van der Waals surface area contributed by atoms with Crippen molar-refractivity contribution >= 4 is 39.3 Å². The van der Waals surface area contributed by atoms with Crippen LogP contribution in [-0.4, -0.2) is 22.2 Å². The number of carbonyl (C=O) groups excluding carboxylic acids is 1. The summed E-state index contributed by atoms with van der Waals surface area (Å²) in [5, 5.41) is 10.2. The summed E-state index contributed by atoms with van der Waals surface area (Å²) in [6.07, 6.45) is 1.63. The highest BCUT2D eigenvalue weighted by Crippen LogP contribution is 2.30. The number of hydrogen-bond donors (Lipinski definition) is 1. The first-order valence-corrected chi connectivity index (χ1v) is 11.2. The van der Waals surface area contributed by atoms with Gasteiger partial charge in [0, 0.05) is 10.0 Å². The minimum absolute atomic E-state index is 0.0667. The number of halogens is 1. The monoisotopic (exact) mass is 498 g/mol. The first kappa shape index (κ1) is 21.3.